The number of benzene rings is 2. The van der Waals surface area contributed by atoms with E-state index in [9.17, 15) is 17.6 Å². The fourth-order valence-electron chi connectivity index (χ4n) is 4.94. The van der Waals surface area contributed by atoms with Crippen LogP contribution in [0.25, 0.3) is 6.08 Å². The molecule has 3 atom stereocenters. The molecule has 1 unspecified atom stereocenters. The number of ether oxygens (including phenoxy) is 1. The minimum Gasteiger partial charge on any atom is -0.495 e. The first-order valence-electron chi connectivity index (χ1n) is 11.4. The van der Waals surface area contributed by atoms with E-state index in [-0.39, 0.29) is 39.8 Å². The van der Waals surface area contributed by atoms with Crippen LogP contribution in [0.3, 0.4) is 0 Å². The van der Waals surface area contributed by atoms with Crippen molar-refractivity contribution in [1.29, 1.82) is 0 Å². The number of fused-ring (bicyclic) bond motifs is 2. The summed E-state index contributed by atoms with van der Waals surface area (Å²) in [6, 6.07) is 9.54. The van der Waals surface area contributed by atoms with Crippen LogP contribution < -0.4 is 10.1 Å². The highest BCUT2D eigenvalue weighted by molar-refractivity contribution is 7.89. The fourth-order valence-corrected chi connectivity index (χ4v) is 6.33. The number of rotatable bonds is 7. The van der Waals surface area contributed by atoms with Gasteiger partial charge >= 0.3 is 0 Å². The van der Waals surface area contributed by atoms with Crippen LogP contribution in [0.2, 0.25) is 5.02 Å². The second-order valence-corrected chi connectivity index (χ2v) is 11.6. The van der Waals surface area contributed by atoms with Crippen molar-refractivity contribution in [2.45, 2.75) is 48.7 Å². The molecular weight excluding hydrogens is 493 g/mol. The van der Waals surface area contributed by atoms with E-state index < -0.39 is 10.0 Å². The second kappa shape index (κ2) is 10.2. The van der Waals surface area contributed by atoms with E-state index in [1.165, 1.54) is 57.6 Å². The highest BCUT2D eigenvalue weighted by Gasteiger charge is 2.42. The number of anilines is 1. The normalized spacial score (nSPS) is 22.1. The molecule has 188 valence electrons. The molecule has 35 heavy (non-hydrogen) atoms. The molecule has 0 radical (unpaired) electrons. The van der Waals surface area contributed by atoms with Gasteiger partial charge in [0, 0.05) is 44.0 Å². The number of methoxy groups -OCH3 is 1. The number of amides is 1. The molecule has 0 aromatic heterocycles. The Balaban J connectivity index is 1.52. The zero-order chi connectivity index (χ0) is 25.3. The zero-order valence-electron chi connectivity index (χ0n) is 19.9. The molecule has 7 nitrogen and oxygen atoms in total. The number of nitrogens with zero attached hydrogens (tertiary/aromatic N) is 2. The van der Waals surface area contributed by atoms with Crippen LogP contribution in [0.1, 0.15) is 31.2 Å². The van der Waals surface area contributed by atoms with E-state index in [1.807, 2.05) is 4.90 Å². The van der Waals surface area contributed by atoms with Crippen LogP contribution in [-0.2, 0) is 14.8 Å². The van der Waals surface area contributed by atoms with Crippen LogP contribution in [-0.4, -0.2) is 62.9 Å². The number of carbonyl (C=O) groups is 1. The van der Waals surface area contributed by atoms with Crippen LogP contribution in [0.4, 0.5) is 10.1 Å². The van der Waals surface area contributed by atoms with E-state index in [1.54, 1.807) is 12.1 Å². The molecule has 2 heterocycles. The summed E-state index contributed by atoms with van der Waals surface area (Å²) in [6.45, 7) is 0. The minimum atomic E-state index is -3.79. The summed E-state index contributed by atoms with van der Waals surface area (Å²) in [5, 5.41) is 3.63. The molecule has 2 saturated heterocycles. The third-order valence-corrected chi connectivity index (χ3v) is 8.82. The maximum absolute atomic E-state index is 13.2. The number of sulfonamides is 1. The van der Waals surface area contributed by atoms with Crippen molar-refractivity contribution in [1.82, 2.24) is 9.21 Å². The van der Waals surface area contributed by atoms with Crippen molar-refractivity contribution in [3.8, 4) is 5.75 Å². The predicted octanol–water partition coefficient (Wildman–Crippen LogP) is 4.39. The molecule has 2 aromatic rings. The number of nitrogens with one attached hydrogen (secondary N) is 1. The molecule has 0 spiro atoms. The van der Waals surface area contributed by atoms with Crippen molar-refractivity contribution < 1.29 is 22.3 Å². The molecule has 10 heteroatoms. The van der Waals surface area contributed by atoms with Crippen molar-refractivity contribution in [2.24, 2.45) is 0 Å². The maximum Gasteiger partial charge on any atom is 0.247 e. The molecule has 2 aliphatic rings. The van der Waals surface area contributed by atoms with Crippen LogP contribution >= 0.6 is 11.6 Å². The van der Waals surface area contributed by atoms with Crippen LogP contribution in [0.5, 0.6) is 5.75 Å². The number of carbonyl (C=O) groups excluding carboxylic acids is 1. The number of hydrogen-bond acceptors (Lipinski definition) is 5. The van der Waals surface area contributed by atoms with E-state index in [0.717, 1.165) is 35.7 Å². The minimum absolute atomic E-state index is 0.00234. The lowest BCUT2D eigenvalue weighted by atomic mass is 9.96. The first-order valence-corrected chi connectivity index (χ1v) is 13.2. The molecular formula is C25H29ClFN3O4S. The highest BCUT2D eigenvalue weighted by Crippen LogP contribution is 2.37. The topological polar surface area (TPSA) is 79.0 Å². The summed E-state index contributed by atoms with van der Waals surface area (Å²) in [6.07, 6.45) is 6.36. The molecule has 0 saturated carbocycles. The lowest BCUT2D eigenvalue weighted by molar-refractivity contribution is -0.130. The summed E-state index contributed by atoms with van der Waals surface area (Å²) in [7, 11) is 0.532. The predicted molar refractivity (Wildman–Crippen MR) is 135 cm³/mol. The Bertz CT molecular complexity index is 1220. The molecule has 1 N–H and O–H groups in total. The van der Waals surface area contributed by atoms with Gasteiger partial charge in [-0.2, -0.15) is 0 Å². The van der Waals surface area contributed by atoms with Gasteiger partial charge in [0.25, 0.3) is 0 Å². The quantitative estimate of drug-likeness (QED) is 0.547. The monoisotopic (exact) mass is 521 g/mol. The molecule has 0 aliphatic carbocycles. The van der Waals surface area contributed by atoms with Crippen molar-refractivity contribution in [3.63, 3.8) is 0 Å². The maximum atomic E-state index is 13.2. The molecule has 2 aromatic carbocycles. The molecule has 2 aliphatic heterocycles. The van der Waals surface area contributed by atoms with Crippen molar-refractivity contribution >= 4 is 39.3 Å². The van der Waals surface area contributed by atoms with Gasteiger partial charge in [-0.3, -0.25) is 4.79 Å². The smallest absolute Gasteiger partial charge is 0.247 e. The van der Waals surface area contributed by atoms with E-state index in [0.29, 0.717) is 11.3 Å². The Morgan fingerprint density at radius 1 is 1.17 bits per heavy atom. The fraction of sp³-hybridized carbons (Fsp3) is 0.400. The highest BCUT2D eigenvalue weighted by atomic mass is 35.5. The Kier molecular flexibility index (Phi) is 7.40. The Morgan fingerprint density at radius 3 is 2.37 bits per heavy atom. The van der Waals surface area contributed by atoms with Gasteiger partial charge in [-0.15, -0.1) is 0 Å². The van der Waals surface area contributed by atoms with Gasteiger partial charge in [0.05, 0.1) is 17.0 Å². The van der Waals surface area contributed by atoms with E-state index >= 15 is 0 Å². The number of hydrogen-bond donors (Lipinski definition) is 1. The summed E-state index contributed by atoms with van der Waals surface area (Å²) in [4.78, 5) is 15.1. The standard InChI is InChI=1S/C25H29ClFN3O4S/c1-29(2)35(32,33)24-15-22(26)23(34-3)12-16(24)4-11-25(31)30-20-9-10-21(30)14-19(13-20)28-18-7-5-17(27)6-8-18/h4-8,11-12,15,19-21,28H,9-10,13-14H2,1-3H3/t19?,20-,21+. The van der Waals surface area contributed by atoms with Crippen molar-refractivity contribution in [2.75, 3.05) is 26.5 Å². The third-order valence-electron chi connectivity index (χ3n) is 6.65. The molecule has 2 bridgehead atoms. The Hall–Kier alpha value is -2.62. The summed E-state index contributed by atoms with van der Waals surface area (Å²) in [5.41, 5.74) is 1.19. The van der Waals surface area contributed by atoms with Gasteiger partial charge in [0.2, 0.25) is 15.9 Å². The number of piperidine rings is 1. The second-order valence-electron chi connectivity index (χ2n) is 9.10. The summed E-state index contributed by atoms with van der Waals surface area (Å²) >= 11 is 6.19. The van der Waals surface area contributed by atoms with Crippen LogP contribution in [0.15, 0.2) is 47.4 Å². The van der Waals surface area contributed by atoms with Gasteiger partial charge < -0.3 is 15.0 Å². The van der Waals surface area contributed by atoms with Gasteiger partial charge in [0.1, 0.15) is 11.6 Å². The molecule has 2 fully saturated rings. The first-order chi connectivity index (χ1) is 16.6. The van der Waals surface area contributed by atoms with E-state index in [4.69, 9.17) is 16.3 Å². The zero-order valence-corrected chi connectivity index (χ0v) is 21.4. The van der Waals surface area contributed by atoms with Gasteiger partial charge in [-0.25, -0.2) is 17.1 Å². The average Bonchev–Trinajstić information content (AvgIpc) is 3.09. The van der Waals surface area contributed by atoms with Crippen LogP contribution in [0, 0.1) is 5.82 Å². The van der Waals surface area contributed by atoms with Gasteiger partial charge in [-0.1, -0.05) is 11.6 Å². The Labute approximate surface area is 210 Å². The molecule has 4 rings (SSSR count). The third kappa shape index (κ3) is 5.32. The number of halogens is 2. The summed E-state index contributed by atoms with van der Waals surface area (Å²) < 4.78 is 45.2. The van der Waals surface area contributed by atoms with Crippen molar-refractivity contribution in [3.05, 3.63) is 58.9 Å². The lowest BCUT2D eigenvalue weighted by Crippen LogP contribution is -2.49. The van der Waals surface area contributed by atoms with E-state index in [2.05, 4.69) is 5.32 Å². The van der Waals surface area contributed by atoms with Gasteiger partial charge in [0.15, 0.2) is 0 Å². The molecule has 1 amide bonds. The average molecular weight is 522 g/mol. The van der Waals surface area contributed by atoms with Gasteiger partial charge in [-0.05, 0) is 73.7 Å². The Morgan fingerprint density at radius 2 is 1.80 bits per heavy atom. The summed E-state index contributed by atoms with van der Waals surface area (Å²) in [5.74, 6) is -0.105. The lowest BCUT2D eigenvalue weighted by Gasteiger charge is -2.39. The first kappa shape index (κ1) is 25.5. The SMILES string of the molecule is COc1cc(C=CC(=O)N2[C@@H]3CC[C@H]2CC(Nc2ccc(F)cc2)C3)c(S(=O)(=O)N(C)C)cc1Cl. The largest absolute Gasteiger partial charge is 0.495 e.